The molecule has 0 aromatic carbocycles. The van der Waals surface area contributed by atoms with E-state index >= 15 is 0 Å². The molecule has 0 saturated carbocycles. The number of carbonyl (C=O) groups excluding carboxylic acids is 2. The van der Waals surface area contributed by atoms with Crippen molar-refractivity contribution >= 4 is 11.9 Å². The summed E-state index contributed by atoms with van der Waals surface area (Å²) in [6.07, 6.45) is 1.66. The summed E-state index contributed by atoms with van der Waals surface area (Å²) in [5.74, 6) is -1.66. The molecule has 0 bridgehead atoms. The van der Waals surface area contributed by atoms with E-state index in [9.17, 15) is 22.8 Å². The number of alkyl halides is 3. The Morgan fingerprint density at radius 2 is 1.54 bits per heavy atom. The predicted octanol–water partition coefficient (Wildman–Crippen LogP) is 4.72. The minimum Gasteiger partial charge on any atom is -0.466 e. The number of rotatable bonds is 13. The fourth-order valence-electron chi connectivity index (χ4n) is 1.88. The van der Waals surface area contributed by atoms with Gasteiger partial charge in [-0.25, -0.2) is 0 Å². The summed E-state index contributed by atoms with van der Waals surface area (Å²) in [5, 5.41) is 0. The van der Waals surface area contributed by atoms with Crippen LogP contribution in [0.2, 0.25) is 0 Å². The maximum absolute atomic E-state index is 12.2. The Morgan fingerprint density at radius 3 is 2.12 bits per heavy atom. The Labute approximate surface area is 141 Å². The molecule has 1 atom stereocenters. The van der Waals surface area contributed by atoms with Gasteiger partial charge in [0.25, 0.3) is 0 Å². The molecule has 0 aliphatic heterocycles. The van der Waals surface area contributed by atoms with E-state index in [-0.39, 0.29) is 13.0 Å². The summed E-state index contributed by atoms with van der Waals surface area (Å²) in [6, 6.07) is 0. The van der Waals surface area contributed by atoms with Crippen LogP contribution in [0.25, 0.3) is 0 Å². The van der Waals surface area contributed by atoms with Crippen LogP contribution in [-0.4, -0.2) is 30.8 Å². The molecule has 24 heavy (non-hydrogen) atoms. The van der Waals surface area contributed by atoms with Gasteiger partial charge in [0.1, 0.15) is 0 Å². The van der Waals surface area contributed by atoms with Gasteiger partial charge in [0.15, 0.2) is 6.10 Å². The first kappa shape index (κ1) is 22.5. The molecule has 0 spiro atoms. The second-order valence-electron chi connectivity index (χ2n) is 5.59. The zero-order valence-corrected chi connectivity index (χ0v) is 14.2. The minimum absolute atomic E-state index is 0.263. The first-order valence-electron chi connectivity index (χ1n) is 8.30. The number of hydrogen-bond acceptors (Lipinski definition) is 4. The number of ether oxygens (including phenoxy) is 2. The number of esters is 2. The SMILES string of the molecule is C=CCCCCCCCCOC(=O)CCC(=O)OC(C)C(F)(F)F. The molecule has 0 aliphatic rings. The molecule has 0 heterocycles. The van der Waals surface area contributed by atoms with Gasteiger partial charge in [-0.05, 0) is 26.2 Å². The molecular weight excluding hydrogens is 325 g/mol. The quantitative estimate of drug-likeness (QED) is 0.273. The molecule has 0 aliphatic carbocycles. The molecule has 0 rings (SSSR count). The van der Waals surface area contributed by atoms with Crippen molar-refractivity contribution in [1.82, 2.24) is 0 Å². The summed E-state index contributed by atoms with van der Waals surface area (Å²) in [4.78, 5) is 22.6. The van der Waals surface area contributed by atoms with E-state index in [1.807, 2.05) is 6.08 Å². The van der Waals surface area contributed by atoms with Gasteiger partial charge in [-0.1, -0.05) is 31.8 Å². The number of carbonyl (C=O) groups is 2. The fourth-order valence-corrected chi connectivity index (χ4v) is 1.88. The van der Waals surface area contributed by atoms with Gasteiger partial charge in [-0.3, -0.25) is 9.59 Å². The minimum atomic E-state index is -4.60. The lowest BCUT2D eigenvalue weighted by Gasteiger charge is -2.16. The highest BCUT2D eigenvalue weighted by atomic mass is 19.4. The first-order valence-corrected chi connectivity index (χ1v) is 8.30. The van der Waals surface area contributed by atoms with Gasteiger partial charge in [-0.15, -0.1) is 6.58 Å². The average Bonchev–Trinajstić information content (AvgIpc) is 2.50. The molecule has 1 unspecified atom stereocenters. The molecule has 140 valence electrons. The van der Waals surface area contributed by atoms with Crippen LogP contribution < -0.4 is 0 Å². The van der Waals surface area contributed by atoms with Crippen molar-refractivity contribution in [2.24, 2.45) is 0 Å². The van der Waals surface area contributed by atoms with Crippen LogP contribution in [0.3, 0.4) is 0 Å². The summed E-state index contributed by atoms with van der Waals surface area (Å²) in [5.41, 5.74) is 0. The van der Waals surface area contributed by atoms with Gasteiger partial charge in [0.05, 0.1) is 19.4 Å². The highest BCUT2D eigenvalue weighted by Gasteiger charge is 2.39. The monoisotopic (exact) mass is 352 g/mol. The van der Waals surface area contributed by atoms with E-state index in [4.69, 9.17) is 4.74 Å². The zero-order chi connectivity index (χ0) is 18.4. The van der Waals surface area contributed by atoms with Crippen LogP contribution in [0, 0.1) is 0 Å². The highest BCUT2D eigenvalue weighted by Crippen LogP contribution is 2.22. The standard InChI is InChI=1S/C17H27F3O4/c1-3-4-5-6-7-8-9-10-13-23-15(21)11-12-16(22)24-14(2)17(18,19)20/h3,14H,1,4-13H2,2H3. The molecule has 0 radical (unpaired) electrons. The van der Waals surface area contributed by atoms with Crippen LogP contribution in [0.5, 0.6) is 0 Å². The molecule has 0 saturated heterocycles. The van der Waals surface area contributed by atoms with E-state index in [0.29, 0.717) is 0 Å². The molecule has 0 aromatic rings. The summed E-state index contributed by atoms with van der Waals surface area (Å²) in [6.45, 7) is 4.67. The number of allylic oxidation sites excluding steroid dienone is 1. The Morgan fingerprint density at radius 1 is 1.00 bits per heavy atom. The number of halogens is 3. The maximum atomic E-state index is 12.2. The van der Waals surface area contributed by atoms with Crippen molar-refractivity contribution in [2.45, 2.75) is 77.0 Å². The van der Waals surface area contributed by atoms with Crippen LogP contribution in [0.15, 0.2) is 12.7 Å². The summed E-state index contributed by atoms with van der Waals surface area (Å²) >= 11 is 0. The Balaban J connectivity index is 3.56. The largest absolute Gasteiger partial charge is 0.466 e. The lowest BCUT2D eigenvalue weighted by atomic mass is 10.1. The normalized spacial score (nSPS) is 12.5. The van der Waals surface area contributed by atoms with Crippen molar-refractivity contribution in [1.29, 1.82) is 0 Å². The van der Waals surface area contributed by atoms with Crippen LogP contribution >= 0.6 is 0 Å². The molecule has 7 heteroatoms. The van der Waals surface area contributed by atoms with Gasteiger partial charge < -0.3 is 9.47 Å². The van der Waals surface area contributed by atoms with Crippen molar-refractivity contribution in [3.8, 4) is 0 Å². The second-order valence-corrected chi connectivity index (χ2v) is 5.59. The summed E-state index contributed by atoms with van der Waals surface area (Å²) in [7, 11) is 0. The van der Waals surface area contributed by atoms with E-state index in [1.54, 1.807) is 0 Å². The third kappa shape index (κ3) is 13.0. The average molecular weight is 352 g/mol. The Kier molecular flexibility index (Phi) is 12.0. The topological polar surface area (TPSA) is 52.6 Å². The van der Waals surface area contributed by atoms with Gasteiger partial charge in [0, 0.05) is 0 Å². The van der Waals surface area contributed by atoms with Crippen molar-refractivity contribution < 1.29 is 32.2 Å². The Bertz CT molecular complexity index is 381. The molecule has 0 fully saturated rings. The third-order valence-electron chi connectivity index (χ3n) is 3.37. The lowest BCUT2D eigenvalue weighted by molar-refractivity contribution is -0.216. The van der Waals surface area contributed by atoms with Gasteiger partial charge in [0.2, 0.25) is 0 Å². The second kappa shape index (κ2) is 12.8. The van der Waals surface area contributed by atoms with Crippen molar-refractivity contribution in [3.63, 3.8) is 0 Å². The Hall–Kier alpha value is -1.53. The number of hydrogen-bond donors (Lipinski definition) is 0. The smallest absolute Gasteiger partial charge is 0.425 e. The fraction of sp³-hybridized carbons (Fsp3) is 0.765. The van der Waals surface area contributed by atoms with Crippen molar-refractivity contribution in [3.05, 3.63) is 12.7 Å². The van der Waals surface area contributed by atoms with E-state index in [1.165, 1.54) is 0 Å². The maximum Gasteiger partial charge on any atom is 0.425 e. The molecule has 0 N–H and O–H groups in total. The van der Waals surface area contributed by atoms with E-state index in [0.717, 1.165) is 51.9 Å². The van der Waals surface area contributed by atoms with Gasteiger partial charge >= 0.3 is 18.1 Å². The third-order valence-corrected chi connectivity index (χ3v) is 3.37. The highest BCUT2D eigenvalue weighted by molar-refractivity contribution is 5.77. The van der Waals surface area contributed by atoms with Crippen molar-refractivity contribution in [2.75, 3.05) is 6.61 Å². The molecule has 0 amide bonds. The van der Waals surface area contributed by atoms with Crippen LogP contribution in [0.4, 0.5) is 13.2 Å². The zero-order valence-electron chi connectivity index (χ0n) is 14.2. The number of unbranched alkanes of at least 4 members (excludes halogenated alkanes) is 6. The first-order chi connectivity index (χ1) is 11.3. The van der Waals surface area contributed by atoms with E-state index < -0.39 is 30.6 Å². The predicted molar refractivity (Wildman–Crippen MR) is 84.3 cm³/mol. The summed E-state index contributed by atoms with van der Waals surface area (Å²) < 4.78 is 45.7. The van der Waals surface area contributed by atoms with Crippen LogP contribution in [-0.2, 0) is 19.1 Å². The lowest BCUT2D eigenvalue weighted by Crippen LogP contribution is -2.31. The molecule has 4 nitrogen and oxygen atoms in total. The van der Waals surface area contributed by atoms with Crippen LogP contribution in [0.1, 0.15) is 64.7 Å². The molecular formula is C17H27F3O4. The van der Waals surface area contributed by atoms with E-state index in [2.05, 4.69) is 11.3 Å². The molecule has 0 aromatic heterocycles. The van der Waals surface area contributed by atoms with Gasteiger partial charge in [-0.2, -0.15) is 13.2 Å².